The van der Waals surface area contributed by atoms with Crippen LogP contribution in [0.3, 0.4) is 0 Å². The summed E-state index contributed by atoms with van der Waals surface area (Å²) in [7, 11) is 0. The monoisotopic (exact) mass is 277 g/mol. The number of carboxylic acids is 1. The summed E-state index contributed by atoms with van der Waals surface area (Å²) in [4.78, 5) is 10.8. The molecule has 1 aromatic carbocycles. The topological polar surface area (TPSA) is 49.3 Å². The van der Waals surface area contributed by atoms with Crippen LogP contribution in [0.4, 0.5) is 0 Å². The van der Waals surface area contributed by atoms with E-state index in [-0.39, 0.29) is 5.37 Å². The van der Waals surface area contributed by atoms with E-state index in [2.05, 4.69) is 5.32 Å². The molecule has 16 heavy (non-hydrogen) atoms. The van der Waals surface area contributed by atoms with Crippen LogP contribution in [0.1, 0.15) is 10.9 Å². The summed E-state index contributed by atoms with van der Waals surface area (Å²) in [6, 6.07) is 4.84. The van der Waals surface area contributed by atoms with Gasteiger partial charge in [0.1, 0.15) is 6.04 Å². The van der Waals surface area contributed by atoms with E-state index < -0.39 is 12.0 Å². The maximum Gasteiger partial charge on any atom is 0.321 e. The number of hydrogen-bond acceptors (Lipinski definition) is 3. The van der Waals surface area contributed by atoms with E-state index in [1.54, 1.807) is 12.1 Å². The zero-order valence-corrected chi connectivity index (χ0v) is 10.4. The lowest BCUT2D eigenvalue weighted by atomic mass is 10.2. The normalized spacial score (nSPS) is 24.6. The summed E-state index contributed by atoms with van der Waals surface area (Å²) in [6.45, 7) is 0. The van der Waals surface area contributed by atoms with Crippen molar-refractivity contribution in [2.24, 2.45) is 0 Å². The summed E-state index contributed by atoms with van der Waals surface area (Å²) < 4.78 is 0. The molecule has 2 N–H and O–H groups in total. The van der Waals surface area contributed by atoms with Gasteiger partial charge in [-0.05, 0) is 11.6 Å². The predicted octanol–water partition coefficient (Wildman–Crippen LogP) is 2.78. The van der Waals surface area contributed by atoms with E-state index in [9.17, 15) is 4.79 Å². The lowest BCUT2D eigenvalue weighted by Gasteiger charge is -2.13. The molecule has 1 saturated heterocycles. The first-order chi connectivity index (χ1) is 7.59. The van der Waals surface area contributed by atoms with Crippen molar-refractivity contribution in [2.75, 3.05) is 5.75 Å². The summed E-state index contributed by atoms with van der Waals surface area (Å²) >= 11 is 13.5. The largest absolute Gasteiger partial charge is 0.480 e. The Morgan fingerprint density at radius 2 is 2.25 bits per heavy atom. The second-order valence-electron chi connectivity index (χ2n) is 3.41. The van der Waals surface area contributed by atoms with Crippen LogP contribution in [0.2, 0.25) is 10.0 Å². The Bertz CT molecular complexity index is 427. The summed E-state index contributed by atoms with van der Waals surface area (Å²) in [5.41, 5.74) is 0.836. The van der Waals surface area contributed by atoms with Crippen molar-refractivity contribution in [3.63, 3.8) is 0 Å². The Morgan fingerprint density at radius 1 is 1.50 bits per heavy atom. The standard InChI is InChI=1S/C10H9Cl2NO2S/c11-6-3-1-2-5(8(6)12)9-13-7(4-16-9)10(14)15/h1-3,7,9,13H,4H2,(H,14,15)/t7-,9+/m0/s1. The first kappa shape index (κ1) is 12.0. The maximum absolute atomic E-state index is 10.8. The van der Waals surface area contributed by atoms with Crippen LogP contribution in [0.15, 0.2) is 18.2 Å². The van der Waals surface area contributed by atoms with E-state index in [1.165, 1.54) is 11.8 Å². The van der Waals surface area contributed by atoms with Gasteiger partial charge in [0.15, 0.2) is 0 Å². The van der Waals surface area contributed by atoms with E-state index in [0.717, 1.165) is 5.56 Å². The Morgan fingerprint density at radius 3 is 2.88 bits per heavy atom. The highest BCUT2D eigenvalue weighted by Crippen LogP contribution is 2.38. The fourth-order valence-electron chi connectivity index (χ4n) is 1.52. The Kier molecular flexibility index (Phi) is 3.64. The van der Waals surface area contributed by atoms with E-state index in [4.69, 9.17) is 28.3 Å². The van der Waals surface area contributed by atoms with Crippen molar-refractivity contribution in [3.05, 3.63) is 33.8 Å². The molecule has 2 rings (SSSR count). The molecule has 0 radical (unpaired) electrons. The highest BCUT2D eigenvalue weighted by molar-refractivity contribution is 7.99. The summed E-state index contributed by atoms with van der Waals surface area (Å²) in [5.74, 6) is -0.309. The molecule has 1 aliphatic rings. The fourth-order valence-corrected chi connectivity index (χ4v) is 3.26. The second-order valence-corrected chi connectivity index (χ2v) is 5.34. The Balaban J connectivity index is 2.21. The number of nitrogens with one attached hydrogen (secondary N) is 1. The first-order valence-corrected chi connectivity index (χ1v) is 6.44. The van der Waals surface area contributed by atoms with Gasteiger partial charge < -0.3 is 5.11 Å². The van der Waals surface area contributed by atoms with Gasteiger partial charge in [0.2, 0.25) is 0 Å². The molecule has 0 unspecified atom stereocenters. The number of thioether (sulfide) groups is 1. The van der Waals surface area contributed by atoms with Gasteiger partial charge in [-0.2, -0.15) is 0 Å². The molecule has 1 heterocycles. The van der Waals surface area contributed by atoms with E-state index in [0.29, 0.717) is 15.8 Å². The fraction of sp³-hybridized carbons (Fsp3) is 0.300. The third kappa shape index (κ3) is 2.30. The minimum atomic E-state index is -0.840. The molecule has 1 aliphatic heterocycles. The average Bonchev–Trinajstić information content (AvgIpc) is 2.71. The average molecular weight is 278 g/mol. The van der Waals surface area contributed by atoms with Gasteiger partial charge >= 0.3 is 5.97 Å². The van der Waals surface area contributed by atoms with Gasteiger partial charge in [-0.25, -0.2) is 0 Å². The van der Waals surface area contributed by atoms with Crippen LogP contribution in [-0.4, -0.2) is 22.9 Å². The van der Waals surface area contributed by atoms with Gasteiger partial charge in [0, 0.05) is 5.75 Å². The van der Waals surface area contributed by atoms with Gasteiger partial charge in [0.05, 0.1) is 15.4 Å². The summed E-state index contributed by atoms with van der Waals surface area (Å²) in [5, 5.41) is 12.7. The minimum absolute atomic E-state index is 0.104. The molecule has 3 nitrogen and oxygen atoms in total. The molecule has 0 amide bonds. The molecular weight excluding hydrogens is 269 g/mol. The predicted molar refractivity (Wildman–Crippen MR) is 66.2 cm³/mol. The van der Waals surface area contributed by atoms with Gasteiger partial charge in [-0.3, -0.25) is 10.1 Å². The highest BCUT2D eigenvalue weighted by Gasteiger charge is 2.31. The second kappa shape index (κ2) is 4.84. The number of benzene rings is 1. The molecule has 0 saturated carbocycles. The van der Waals surface area contributed by atoms with Crippen molar-refractivity contribution in [1.82, 2.24) is 5.32 Å². The van der Waals surface area contributed by atoms with Crippen molar-refractivity contribution in [1.29, 1.82) is 0 Å². The number of hydrogen-bond donors (Lipinski definition) is 2. The lowest BCUT2D eigenvalue weighted by molar-refractivity contribution is -0.138. The molecule has 0 aromatic heterocycles. The minimum Gasteiger partial charge on any atom is -0.480 e. The van der Waals surface area contributed by atoms with Crippen LogP contribution in [-0.2, 0) is 4.79 Å². The third-order valence-corrected chi connectivity index (χ3v) is 4.43. The smallest absolute Gasteiger partial charge is 0.321 e. The Hall–Kier alpha value is -0.420. The van der Waals surface area contributed by atoms with Crippen LogP contribution in [0.5, 0.6) is 0 Å². The maximum atomic E-state index is 10.8. The number of carboxylic acid groups (broad SMARTS) is 1. The molecule has 1 fully saturated rings. The number of halogens is 2. The van der Waals surface area contributed by atoms with Crippen molar-refractivity contribution in [3.8, 4) is 0 Å². The van der Waals surface area contributed by atoms with Crippen molar-refractivity contribution >= 4 is 40.9 Å². The molecule has 0 aliphatic carbocycles. The van der Waals surface area contributed by atoms with Crippen LogP contribution in [0, 0.1) is 0 Å². The number of aliphatic carboxylic acids is 1. The quantitative estimate of drug-likeness (QED) is 0.873. The lowest BCUT2D eigenvalue weighted by Crippen LogP contribution is -2.33. The first-order valence-electron chi connectivity index (χ1n) is 4.64. The van der Waals surface area contributed by atoms with E-state index in [1.807, 2.05) is 6.07 Å². The summed E-state index contributed by atoms with van der Waals surface area (Å²) in [6.07, 6.45) is 0. The number of rotatable bonds is 2. The SMILES string of the molecule is O=C(O)[C@@H]1CS[C@H](c2cccc(Cl)c2Cl)N1. The van der Waals surface area contributed by atoms with Gasteiger partial charge in [-0.15, -0.1) is 11.8 Å². The molecule has 0 spiro atoms. The van der Waals surface area contributed by atoms with Crippen molar-refractivity contribution in [2.45, 2.75) is 11.4 Å². The molecular formula is C10H9Cl2NO2S. The molecule has 86 valence electrons. The highest BCUT2D eigenvalue weighted by atomic mass is 35.5. The molecule has 2 atom stereocenters. The van der Waals surface area contributed by atoms with Crippen LogP contribution in [0.25, 0.3) is 0 Å². The van der Waals surface area contributed by atoms with E-state index >= 15 is 0 Å². The van der Waals surface area contributed by atoms with Crippen molar-refractivity contribution < 1.29 is 9.90 Å². The van der Waals surface area contributed by atoms with Gasteiger partial charge in [0.25, 0.3) is 0 Å². The van der Waals surface area contributed by atoms with Crippen LogP contribution < -0.4 is 5.32 Å². The molecule has 0 bridgehead atoms. The number of carbonyl (C=O) groups is 1. The Labute approximate surface area is 107 Å². The molecule has 6 heteroatoms. The van der Waals surface area contributed by atoms with Crippen LogP contribution >= 0.6 is 35.0 Å². The molecule has 1 aromatic rings. The zero-order valence-electron chi connectivity index (χ0n) is 8.11. The zero-order chi connectivity index (χ0) is 11.7. The third-order valence-electron chi connectivity index (χ3n) is 2.34. The van der Waals surface area contributed by atoms with Gasteiger partial charge in [-0.1, -0.05) is 35.3 Å².